The van der Waals surface area contributed by atoms with Crippen molar-refractivity contribution in [1.82, 2.24) is 0 Å². The molecule has 6 unspecified atom stereocenters. The topological polar surface area (TPSA) is 74.6 Å². The molecule has 0 amide bonds. The third kappa shape index (κ3) is 1.22. The summed E-state index contributed by atoms with van der Waals surface area (Å²) in [6.45, 7) is 0. The predicted octanol–water partition coefficient (Wildman–Crippen LogP) is 1.45. The van der Waals surface area contributed by atoms with Crippen LogP contribution < -0.4 is 0 Å². The molecule has 3 fully saturated rings. The number of rotatable bonds is 2. The van der Waals surface area contributed by atoms with Gasteiger partial charge in [0.25, 0.3) is 0 Å². The largest absolute Gasteiger partial charge is 0.481 e. The van der Waals surface area contributed by atoms with E-state index >= 15 is 0 Å². The van der Waals surface area contributed by atoms with E-state index in [1.807, 2.05) is 0 Å². The Morgan fingerprint density at radius 3 is 2.12 bits per heavy atom. The van der Waals surface area contributed by atoms with Gasteiger partial charge in [0.1, 0.15) is 0 Å². The molecule has 3 aliphatic carbocycles. The van der Waals surface area contributed by atoms with Crippen LogP contribution in [0.5, 0.6) is 0 Å². The van der Waals surface area contributed by atoms with E-state index < -0.39 is 11.9 Å². The van der Waals surface area contributed by atoms with Crippen LogP contribution in [0.4, 0.5) is 0 Å². The van der Waals surface area contributed by atoms with Gasteiger partial charge < -0.3 is 10.2 Å². The Bertz CT molecular complexity index is 351. The third-order valence-electron chi connectivity index (χ3n) is 5.13. The molecule has 0 aliphatic heterocycles. The Kier molecular flexibility index (Phi) is 2.03. The summed E-state index contributed by atoms with van der Waals surface area (Å²) >= 11 is 0. The third-order valence-corrected chi connectivity index (χ3v) is 5.13. The monoisotopic (exact) mass is 224 g/mol. The number of hydrogen-bond acceptors (Lipinski definition) is 2. The molecule has 4 heteroatoms. The Morgan fingerprint density at radius 2 is 1.50 bits per heavy atom. The van der Waals surface area contributed by atoms with Crippen LogP contribution in [0.3, 0.4) is 0 Å². The van der Waals surface area contributed by atoms with Crippen molar-refractivity contribution in [2.24, 2.45) is 35.5 Å². The number of fused-ring (bicyclic) bond motifs is 5. The Morgan fingerprint density at radius 1 is 0.812 bits per heavy atom. The van der Waals surface area contributed by atoms with Gasteiger partial charge in [-0.1, -0.05) is 0 Å². The second kappa shape index (κ2) is 3.22. The molecule has 0 aromatic rings. The van der Waals surface area contributed by atoms with E-state index in [0.29, 0.717) is 24.2 Å². The fraction of sp³-hybridized carbons (Fsp3) is 0.833. The summed E-state index contributed by atoms with van der Waals surface area (Å²) in [6.07, 6.45) is 3.31. The SMILES string of the molecule is O=C(O)C1CC2C3CC(C(=O)O)C(C3)C2C1. The van der Waals surface area contributed by atoms with Gasteiger partial charge in [-0.25, -0.2) is 0 Å². The van der Waals surface area contributed by atoms with Gasteiger partial charge >= 0.3 is 11.9 Å². The van der Waals surface area contributed by atoms with Gasteiger partial charge in [0.05, 0.1) is 11.8 Å². The van der Waals surface area contributed by atoms with Crippen LogP contribution in [0, 0.1) is 35.5 Å². The van der Waals surface area contributed by atoms with Crippen LogP contribution in [0.1, 0.15) is 25.7 Å². The van der Waals surface area contributed by atoms with Crippen molar-refractivity contribution in [3.8, 4) is 0 Å². The molecule has 4 nitrogen and oxygen atoms in total. The first-order valence-electron chi connectivity index (χ1n) is 6.03. The zero-order valence-corrected chi connectivity index (χ0v) is 9.00. The molecular formula is C12H16O4. The molecule has 3 aliphatic rings. The van der Waals surface area contributed by atoms with Gasteiger partial charge in [0, 0.05) is 0 Å². The molecule has 0 heterocycles. The zero-order chi connectivity index (χ0) is 11.4. The van der Waals surface area contributed by atoms with Crippen molar-refractivity contribution in [3.63, 3.8) is 0 Å². The van der Waals surface area contributed by atoms with Crippen LogP contribution in [0.25, 0.3) is 0 Å². The molecule has 3 saturated carbocycles. The van der Waals surface area contributed by atoms with Crippen LogP contribution in [0.15, 0.2) is 0 Å². The van der Waals surface area contributed by atoms with E-state index in [4.69, 9.17) is 10.2 Å². The summed E-state index contributed by atoms with van der Waals surface area (Å²) < 4.78 is 0. The molecule has 0 saturated heterocycles. The van der Waals surface area contributed by atoms with Gasteiger partial charge in [0.2, 0.25) is 0 Å². The number of hydrogen-bond donors (Lipinski definition) is 2. The number of aliphatic carboxylic acids is 2. The van der Waals surface area contributed by atoms with Crippen molar-refractivity contribution >= 4 is 11.9 Å². The lowest BCUT2D eigenvalue weighted by Crippen LogP contribution is -2.29. The highest BCUT2D eigenvalue weighted by molar-refractivity contribution is 5.72. The molecule has 88 valence electrons. The lowest BCUT2D eigenvalue weighted by Gasteiger charge is -2.28. The van der Waals surface area contributed by atoms with Crippen molar-refractivity contribution in [2.45, 2.75) is 25.7 Å². The van der Waals surface area contributed by atoms with E-state index in [0.717, 1.165) is 19.3 Å². The van der Waals surface area contributed by atoms with Gasteiger partial charge in [-0.15, -0.1) is 0 Å². The quantitative estimate of drug-likeness (QED) is 0.744. The molecule has 3 rings (SSSR count). The highest BCUT2D eigenvalue weighted by Gasteiger charge is 2.58. The Hall–Kier alpha value is -1.06. The van der Waals surface area contributed by atoms with Gasteiger partial charge in [0.15, 0.2) is 0 Å². The first-order chi connectivity index (χ1) is 7.58. The second-order valence-electron chi connectivity index (χ2n) is 5.67. The summed E-state index contributed by atoms with van der Waals surface area (Å²) in [5, 5.41) is 18.1. The molecule has 6 atom stereocenters. The maximum absolute atomic E-state index is 11.1. The average Bonchev–Trinajstić information content (AvgIpc) is 2.87. The van der Waals surface area contributed by atoms with Crippen molar-refractivity contribution in [1.29, 1.82) is 0 Å². The van der Waals surface area contributed by atoms with Crippen molar-refractivity contribution in [3.05, 3.63) is 0 Å². The summed E-state index contributed by atoms with van der Waals surface area (Å²) in [5.74, 6) is -0.156. The first-order valence-corrected chi connectivity index (χ1v) is 6.03. The summed E-state index contributed by atoms with van der Waals surface area (Å²) in [7, 11) is 0. The van der Waals surface area contributed by atoms with Crippen LogP contribution in [-0.2, 0) is 9.59 Å². The Balaban J connectivity index is 1.79. The van der Waals surface area contributed by atoms with E-state index in [9.17, 15) is 9.59 Å². The van der Waals surface area contributed by atoms with Crippen LogP contribution in [0.2, 0.25) is 0 Å². The molecule has 0 aromatic carbocycles. The molecule has 2 N–H and O–H groups in total. The number of carbonyl (C=O) groups is 2. The highest BCUT2D eigenvalue weighted by atomic mass is 16.4. The maximum atomic E-state index is 11.1. The predicted molar refractivity (Wildman–Crippen MR) is 54.7 cm³/mol. The van der Waals surface area contributed by atoms with E-state index in [2.05, 4.69) is 0 Å². The summed E-state index contributed by atoms with van der Waals surface area (Å²) in [4.78, 5) is 22.0. The van der Waals surface area contributed by atoms with Crippen LogP contribution in [-0.4, -0.2) is 22.2 Å². The van der Waals surface area contributed by atoms with E-state index in [1.165, 1.54) is 0 Å². The minimum Gasteiger partial charge on any atom is -0.481 e. The smallest absolute Gasteiger partial charge is 0.306 e. The zero-order valence-electron chi connectivity index (χ0n) is 9.00. The lowest BCUT2D eigenvalue weighted by atomic mass is 9.76. The van der Waals surface area contributed by atoms with Gasteiger partial charge in [-0.3, -0.25) is 9.59 Å². The van der Waals surface area contributed by atoms with Crippen molar-refractivity contribution in [2.75, 3.05) is 0 Å². The highest BCUT2D eigenvalue weighted by Crippen LogP contribution is 2.62. The standard InChI is InChI=1S/C12H16O4/c13-11(14)6-3-7-5-1-9(8(7)4-6)10(2-5)12(15)16/h5-10H,1-4H2,(H,13,14)(H,15,16). The summed E-state index contributed by atoms with van der Waals surface area (Å²) in [6, 6.07) is 0. The summed E-state index contributed by atoms with van der Waals surface area (Å²) in [5.41, 5.74) is 0. The second-order valence-corrected chi connectivity index (χ2v) is 5.67. The minimum absolute atomic E-state index is 0.196. The molecule has 2 bridgehead atoms. The maximum Gasteiger partial charge on any atom is 0.306 e. The fourth-order valence-corrected chi connectivity index (χ4v) is 4.56. The fourth-order valence-electron chi connectivity index (χ4n) is 4.56. The number of carboxylic acid groups (broad SMARTS) is 2. The average molecular weight is 224 g/mol. The van der Waals surface area contributed by atoms with Gasteiger partial charge in [-0.05, 0) is 49.4 Å². The van der Waals surface area contributed by atoms with Gasteiger partial charge in [-0.2, -0.15) is 0 Å². The Labute approximate surface area is 93.6 Å². The van der Waals surface area contributed by atoms with Crippen molar-refractivity contribution < 1.29 is 19.8 Å². The lowest BCUT2D eigenvalue weighted by molar-refractivity contribution is -0.144. The normalized spacial score (nSPS) is 49.2. The van der Waals surface area contributed by atoms with Crippen LogP contribution >= 0.6 is 0 Å². The van der Waals surface area contributed by atoms with E-state index in [1.54, 1.807) is 0 Å². The molecule has 0 aromatic heterocycles. The molecule has 0 spiro atoms. The van der Waals surface area contributed by atoms with E-state index in [-0.39, 0.29) is 17.8 Å². The first kappa shape index (κ1) is 10.1. The number of carboxylic acids is 2. The molecular weight excluding hydrogens is 208 g/mol. The molecule has 16 heavy (non-hydrogen) atoms. The molecule has 0 radical (unpaired) electrons. The minimum atomic E-state index is -0.694.